The third-order valence-corrected chi connectivity index (χ3v) is 1.92. The SMILES string of the molecule is CC(C)CC1CCCN1.[HH]. The van der Waals surface area contributed by atoms with Crippen molar-refractivity contribution in [3.63, 3.8) is 0 Å². The highest BCUT2D eigenvalue weighted by molar-refractivity contribution is 4.74. The van der Waals surface area contributed by atoms with Crippen molar-refractivity contribution in [1.82, 2.24) is 5.32 Å². The van der Waals surface area contributed by atoms with Gasteiger partial charge in [-0.3, -0.25) is 0 Å². The molecule has 0 spiro atoms. The van der Waals surface area contributed by atoms with Gasteiger partial charge < -0.3 is 5.32 Å². The van der Waals surface area contributed by atoms with E-state index in [4.69, 9.17) is 0 Å². The number of hydrogen-bond donors (Lipinski definition) is 1. The molecule has 1 atom stereocenters. The highest BCUT2D eigenvalue weighted by Gasteiger charge is 2.14. The van der Waals surface area contributed by atoms with Gasteiger partial charge in [0.05, 0.1) is 0 Å². The van der Waals surface area contributed by atoms with Crippen molar-refractivity contribution in [2.24, 2.45) is 5.92 Å². The molecule has 0 bridgehead atoms. The highest BCUT2D eigenvalue weighted by Crippen LogP contribution is 2.13. The Labute approximate surface area is 59.3 Å². The lowest BCUT2D eigenvalue weighted by atomic mass is 10.0. The van der Waals surface area contributed by atoms with Gasteiger partial charge in [0.1, 0.15) is 0 Å². The summed E-state index contributed by atoms with van der Waals surface area (Å²) in [4.78, 5) is 0. The van der Waals surface area contributed by atoms with Crippen LogP contribution in [0.4, 0.5) is 0 Å². The molecule has 1 rings (SSSR count). The summed E-state index contributed by atoms with van der Waals surface area (Å²) in [6.07, 6.45) is 4.15. The first-order valence-electron chi connectivity index (χ1n) is 4.02. The zero-order valence-corrected chi connectivity index (χ0v) is 6.48. The first-order valence-corrected chi connectivity index (χ1v) is 4.02. The molecule has 0 radical (unpaired) electrons. The van der Waals surface area contributed by atoms with Gasteiger partial charge in [0.15, 0.2) is 0 Å². The van der Waals surface area contributed by atoms with E-state index in [0.717, 1.165) is 12.0 Å². The molecule has 0 aromatic heterocycles. The molecule has 1 unspecified atom stereocenters. The molecule has 56 valence electrons. The lowest BCUT2D eigenvalue weighted by Gasteiger charge is -2.11. The molecule has 1 aliphatic heterocycles. The largest absolute Gasteiger partial charge is 0.314 e. The molecule has 1 nitrogen and oxygen atoms in total. The van der Waals surface area contributed by atoms with Gasteiger partial charge in [0.25, 0.3) is 0 Å². The Bertz CT molecular complexity index is 77.3. The van der Waals surface area contributed by atoms with Crippen molar-refractivity contribution in [3.05, 3.63) is 0 Å². The summed E-state index contributed by atoms with van der Waals surface area (Å²) in [6.45, 7) is 5.83. The molecule has 0 aromatic carbocycles. The van der Waals surface area contributed by atoms with Crippen LogP contribution in [0, 0.1) is 5.92 Å². The summed E-state index contributed by atoms with van der Waals surface area (Å²) in [5.74, 6) is 0.862. The Hall–Kier alpha value is -0.0400. The molecule has 9 heavy (non-hydrogen) atoms. The average Bonchev–Trinajstić information content (AvgIpc) is 2.15. The Morgan fingerprint density at radius 2 is 2.44 bits per heavy atom. The van der Waals surface area contributed by atoms with E-state index in [1.54, 1.807) is 0 Å². The number of hydrogen-bond acceptors (Lipinski definition) is 1. The Kier molecular flexibility index (Phi) is 2.52. The van der Waals surface area contributed by atoms with Gasteiger partial charge in [-0.15, -0.1) is 0 Å². The standard InChI is InChI=1S/C8H17N.H2/c1-7(2)6-8-4-3-5-9-8;/h7-9H,3-6H2,1-2H3;1H. The summed E-state index contributed by atoms with van der Waals surface area (Å²) in [7, 11) is 0. The van der Waals surface area contributed by atoms with Gasteiger partial charge in [0.2, 0.25) is 0 Å². The van der Waals surface area contributed by atoms with E-state index in [-0.39, 0.29) is 1.43 Å². The van der Waals surface area contributed by atoms with Crippen molar-refractivity contribution >= 4 is 0 Å². The zero-order chi connectivity index (χ0) is 6.69. The second-order valence-corrected chi connectivity index (χ2v) is 3.42. The van der Waals surface area contributed by atoms with Crippen LogP contribution in [0.25, 0.3) is 0 Å². The van der Waals surface area contributed by atoms with Crippen LogP contribution in [0.3, 0.4) is 0 Å². The molecule has 1 fully saturated rings. The minimum atomic E-state index is 0. The lowest BCUT2D eigenvalue weighted by Crippen LogP contribution is -2.22. The van der Waals surface area contributed by atoms with Crippen molar-refractivity contribution in [3.8, 4) is 0 Å². The van der Waals surface area contributed by atoms with Gasteiger partial charge in [-0.25, -0.2) is 0 Å². The van der Waals surface area contributed by atoms with E-state index >= 15 is 0 Å². The van der Waals surface area contributed by atoms with E-state index in [0.29, 0.717) is 0 Å². The smallest absolute Gasteiger partial charge is 0.00699 e. The average molecular weight is 129 g/mol. The molecule has 1 saturated heterocycles. The highest BCUT2D eigenvalue weighted by atomic mass is 14.9. The lowest BCUT2D eigenvalue weighted by molar-refractivity contribution is 0.464. The van der Waals surface area contributed by atoms with Gasteiger partial charge in [0, 0.05) is 7.47 Å². The maximum atomic E-state index is 3.49. The topological polar surface area (TPSA) is 12.0 Å². The summed E-state index contributed by atoms with van der Waals surface area (Å²) < 4.78 is 0. The molecule has 1 aliphatic rings. The maximum Gasteiger partial charge on any atom is 0.00699 e. The van der Waals surface area contributed by atoms with E-state index in [2.05, 4.69) is 19.2 Å². The van der Waals surface area contributed by atoms with Gasteiger partial charge in [-0.05, 0) is 31.7 Å². The second kappa shape index (κ2) is 3.21. The molecule has 1 heteroatoms. The van der Waals surface area contributed by atoms with E-state index in [9.17, 15) is 0 Å². The third kappa shape index (κ3) is 2.35. The Balaban J connectivity index is 0.000000810. The van der Waals surface area contributed by atoms with Crippen LogP contribution in [0.5, 0.6) is 0 Å². The summed E-state index contributed by atoms with van der Waals surface area (Å²) >= 11 is 0. The van der Waals surface area contributed by atoms with Crippen molar-refractivity contribution in [2.45, 2.75) is 39.2 Å². The van der Waals surface area contributed by atoms with Crippen molar-refractivity contribution in [2.75, 3.05) is 6.54 Å². The van der Waals surface area contributed by atoms with Crippen LogP contribution in [0.15, 0.2) is 0 Å². The van der Waals surface area contributed by atoms with Gasteiger partial charge in [-0.1, -0.05) is 13.8 Å². The quantitative estimate of drug-likeness (QED) is 0.601. The van der Waals surface area contributed by atoms with Crippen LogP contribution in [-0.2, 0) is 0 Å². The minimum absolute atomic E-state index is 0. The van der Waals surface area contributed by atoms with Crippen LogP contribution in [0.2, 0.25) is 0 Å². The molecular formula is C8H19N. The fraction of sp³-hybridized carbons (Fsp3) is 1.00. The fourth-order valence-electron chi connectivity index (χ4n) is 1.53. The van der Waals surface area contributed by atoms with Gasteiger partial charge >= 0.3 is 0 Å². The molecule has 0 saturated carbocycles. The summed E-state index contributed by atoms with van der Waals surface area (Å²) in [5, 5.41) is 3.49. The van der Waals surface area contributed by atoms with Crippen molar-refractivity contribution < 1.29 is 1.43 Å². The molecule has 1 heterocycles. The predicted octanol–water partition coefficient (Wildman–Crippen LogP) is 2.03. The third-order valence-electron chi connectivity index (χ3n) is 1.92. The van der Waals surface area contributed by atoms with Gasteiger partial charge in [-0.2, -0.15) is 0 Å². The van der Waals surface area contributed by atoms with E-state index in [1.165, 1.54) is 25.8 Å². The fourth-order valence-corrected chi connectivity index (χ4v) is 1.53. The summed E-state index contributed by atoms with van der Waals surface area (Å²) in [6, 6.07) is 0.838. The van der Waals surface area contributed by atoms with Crippen molar-refractivity contribution in [1.29, 1.82) is 0 Å². The first-order chi connectivity index (χ1) is 4.29. The van der Waals surface area contributed by atoms with Crippen LogP contribution in [0.1, 0.15) is 34.5 Å². The normalized spacial score (nSPS) is 27.7. The number of nitrogens with one attached hydrogen (secondary N) is 1. The molecule has 0 amide bonds. The second-order valence-electron chi connectivity index (χ2n) is 3.42. The molecule has 0 aromatic rings. The molecule has 1 N–H and O–H groups in total. The van der Waals surface area contributed by atoms with Crippen LogP contribution in [-0.4, -0.2) is 12.6 Å². The predicted molar refractivity (Wildman–Crippen MR) is 42.6 cm³/mol. The molecule has 0 aliphatic carbocycles. The molecular weight excluding hydrogens is 110 g/mol. The van der Waals surface area contributed by atoms with Crippen LogP contribution >= 0.6 is 0 Å². The maximum absolute atomic E-state index is 3.49. The first kappa shape index (κ1) is 7.07. The number of rotatable bonds is 2. The monoisotopic (exact) mass is 129 g/mol. The summed E-state index contributed by atoms with van der Waals surface area (Å²) in [5.41, 5.74) is 0. The van der Waals surface area contributed by atoms with E-state index < -0.39 is 0 Å². The van der Waals surface area contributed by atoms with Crippen LogP contribution < -0.4 is 5.32 Å². The Morgan fingerprint density at radius 1 is 1.67 bits per heavy atom. The Morgan fingerprint density at radius 3 is 2.89 bits per heavy atom. The zero-order valence-electron chi connectivity index (χ0n) is 6.48. The van der Waals surface area contributed by atoms with E-state index in [1.807, 2.05) is 0 Å². The minimum Gasteiger partial charge on any atom is -0.314 e.